The molecule has 7 heteroatoms. The number of carbonyl (C=O) groups is 1. The first kappa shape index (κ1) is 15.9. The molecular weight excluding hydrogens is 362 g/mol. The van der Waals surface area contributed by atoms with Crippen LogP contribution in [0, 0.1) is 0 Å². The number of amides is 1. The van der Waals surface area contributed by atoms with Gasteiger partial charge in [0.2, 0.25) is 0 Å². The summed E-state index contributed by atoms with van der Waals surface area (Å²) in [5, 5.41) is 6.45. The van der Waals surface area contributed by atoms with Crippen LogP contribution < -0.4 is 14.8 Å². The Morgan fingerprint density at radius 3 is 2.89 bits per heavy atom. The molecule has 0 saturated carbocycles. The SMILES string of the molecule is O=C(Nc1nc(-c2c[nH]c3ccccc23)cs1)c1ccc2c(c1)OCCO2. The third-order valence-electron chi connectivity index (χ3n) is 4.39. The van der Waals surface area contributed by atoms with Crippen LogP contribution in [0.3, 0.4) is 0 Å². The predicted molar refractivity (Wildman–Crippen MR) is 105 cm³/mol. The number of benzene rings is 2. The van der Waals surface area contributed by atoms with E-state index < -0.39 is 0 Å². The van der Waals surface area contributed by atoms with E-state index in [1.54, 1.807) is 18.2 Å². The van der Waals surface area contributed by atoms with Crippen molar-refractivity contribution in [1.29, 1.82) is 0 Å². The summed E-state index contributed by atoms with van der Waals surface area (Å²) < 4.78 is 11.0. The molecular formula is C20H15N3O3S. The van der Waals surface area contributed by atoms with Crippen molar-refractivity contribution in [3.05, 3.63) is 59.6 Å². The highest BCUT2D eigenvalue weighted by Gasteiger charge is 2.16. The van der Waals surface area contributed by atoms with Gasteiger partial charge in [-0.05, 0) is 24.3 Å². The molecule has 0 saturated heterocycles. The predicted octanol–water partition coefficient (Wildman–Crippen LogP) is 4.31. The van der Waals surface area contributed by atoms with Gasteiger partial charge in [0, 0.05) is 33.6 Å². The maximum Gasteiger partial charge on any atom is 0.257 e. The maximum atomic E-state index is 12.6. The zero-order chi connectivity index (χ0) is 18.2. The van der Waals surface area contributed by atoms with Crippen LogP contribution in [0.25, 0.3) is 22.2 Å². The lowest BCUT2D eigenvalue weighted by Gasteiger charge is -2.18. The molecule has 0 unspecified atom stereocenters. The molecule has 1 aliphatic rings. The third-order valence-corrected chi connectivity index (χ3v) is 5.15. The van der Waals surface area contributed by atoms with Crippen LogP contribution >= 0.6 is 11.3 Å². The molecule has 2 aromatic heterocycles. The molecule has 3 heterocycles. The number of ether oxygens (including phenoxy) is 2. The van der Waals surface area contributed by atoms with E-state index in [2.05, 4.69) is 15.3 Å². The summed E-state index contributed by atoms with van der Waals surface area (Å²) in [6.07, 6.45) is 1.94. The molecule has 0 atom stereocenters. The van der Waals surface area contributed by atoms with Gasteiger partial charge in [-0.2, -0.15) is 0 Å². The Balaban J connectivity index is 1.38. The van der Waals surface area contributed by atoms with E-state index in [0.717, 1.165) is 22.2 Å². The van der Waals surface area contributed by atoms with Gasteiger partial charge in [-0.3, -0.25) is 10.1 Å². The highest BCUT2D eigenvalue weighted by Crippen LogP contribution is 2.33. The number of anilines is 1. The van der Waals surface area contributed by atoms with Crippen LogP contribution in [0.4, 0.5) is 5.13 Å². The first-order valence-corrected chi connectivity index (χ1v) is 9.39. The fraction of sp³-hybridized carbons (Fsp3) is 0.100. The van der Waals surface area contributed by atoms with E-state index >= 15 is 0 Å². The maximum absolute atomic E-state index is 12.6. The monoisotopic (exact) mass is 377 g/mol. The highest BCUT2D eigenvalue weighted by molar-refractivity contribution is 7.14. The molecule has 0 spiro atoms. The second-order valence-corrected chi connectivity index (χ2v) is 6.96. The van der Waals surface area contributed by atoms with Gasteiger partial charge in [-0.1, -0.05) is 18.2 Å². The number of hydrogen-bond acceptors (Lipinski definition) is 5. The molecule has 5 rings (SSSR count). The molecule has 0 fully saturated rings. The van der Waals surface area contributed by atoms with Gasteiger partial charge >= 0.3 is 0 Å². The average Bonchev–Trinajstić information content (AvgIpc) is 3.34. The van der Waals surface area contributed by atoms with Crippen LogP contribution in [0.5, 0.6) is 11.5 Å². The van der Waals surface area contributed by atoms with Crippen LogP contribution in [-0.2, 0) is 0 Å². The molecule has 6 nitrogen and oxygen atoms in total. The number of fused-ring (bicyclic) bond motifs is 2. The van der Waals surface area contributed by atoms with Crippen molar-refractivity contribution in [3.63, 3.8) is 0 Å². The van der Waals surface area contributed by atoms with E-state index in [0.29, 0.717) is 35.4 Å². The number of nitrogens with one attached hydrogen (secondary N) is 2. The number of para-hydroxylation sites is 1. The summed E-state index contributed by atoms with van der Waals surface area (Å²) in [6.45, 7) is 1.01. The van der Waals surface area contributed by atoms with E-state index in [1.165, 1.54) is 11.3 Å². The number of aromatic amines is 1. The van der Waals surface area contributed by atoms with Gasteiger partial charge < -0.3 is 14.5 Å². The zero-order valence-corrected chi connectivity index (χ0v) is 15.0. The fourth-order valence-electron chi connectivity index (χ4n) is 3.09. The minimum absolute atomic E-state index is 0.230. The number of H-pyrrole nitrogens is 1. The number of nitrogens with zero attached hydrogens (tertiary/aromatic N) is 1. The van der Waals surface area contributed by atoms with Gasteiger partial charge in [0.15, 0.2) is 16.6 Å². The van der Waals surface area contributed by atoms with Crippen molar-refractivity contribution >= 4 is 33.3 Å². The number of thiazole rings is 1. The zero-order valence-electron chi connectivity index (χ0n) is 14.2. The Morgan fingerprint density at radius 1 is 1.11 bits per heavy atom. The van der Waals surface area contributed by atoms with Crippen molar-refractivity contribution in [3.8, 4) is 22.8 Å². The minimum atomic E-state index is -0.230. The van der Waals surface area contributed by atoms with E-state index in [4.69, 9.17) is 9.47 Å². The van der Waals surface area contributed by atoms with Gasteiger partial charge in [0.25, 0.3) is 5.91 Å². The number of hydrogen-bond donors (Lipinski definition) is 2. The van der Waals surface area contributed by atoms with Crippen LogP contribution in [0.1, 0.15) is 10.4 Å². The number of carbonyl (C=O) groups excluding carboxylic acids is 1. The summed E-state index contributed by atoms with van der Waals surface area (Å²) in [5.41, 5.74) is 3.40. The Hall–Kier alpha value is -3.32. The topological polar surface area (TPSA) is 76.2 Å². The summed E-state index contributed by atoms with van der Waals surface area (Å²) in [7, 11) is 0. The first-order chi connectivity index (χ1) is 13.3. The third kappa shape index (κ3) is 2.92. The quantitative estimate of drug-likeness (QED) is 0.558. The smallest absolute Gasteiger partial charge is 0.257 e. The molecule has 1 aliphatic heterocycles. The second kappa shape index (κ2) is 6.44. The molecule has 2 N–H and O–H groups in total. The summed E-state index contributed by atoms with van der Waals surface area (Å²) >= 11 is 1.40. The lowest BCUT2D eigenvalue weighted by molar-refractivity contribution is 0.102. The normalized spacial score (nSPS) is 12.9. The van der Waals surface area contributed by atoms with E-state index in [1.807, 2.05) is 35.8 Å². The van der Waals surface area contributed by atoms with Crippen LogP contribution in [0.15, 0.2) is 54.0 Å². The van der Waals surface area contributed by atoms with Crippen molar-refractivity contribution in [2.24, 2.45) is 0 Å². The molecule has 4 aromatic rings. The van der Waals surface area contributed by atoms with E-state index in [-0.39, 0.29) is 5.91 Å². The van der Waals surface area contributed by atoms with Crippen molar-refractivity contribution < 1.29 is 14.3 Å². The lowest BCUT2D eigenvalue weighted by atomic mass is 10.1. The molecule has 1 amide bonds. The van der Waals surface area contributed by atoms with Gasteiger partial charge in [0.05, 0.1) is 5.69 Å². The Kier molecular flexibility index (Phi) is 3.79. The molecule has 0 aliphatic carbocycles. The Bertz CT molecular complexity index is 1150. The second-order valence-electron chi connectivity index (χ2n) is 6.10. The average molecular weight is 377 g/mol. The first-order valence-electron chi connectivity index (χ1n) is 8.51. The van der Waals surface area contributed by atoms with Crippen molar-refractivity contribution in [2.75, 3.05) is 18.5 Å². The highest BCUT2D eigenvalue weighted by atomic mass is 32.1. The molecule has 0 bridgehead atoms. The van der Waals surface area contributed by atoms with Crippen molar-refractivity contribution in [2.45, 2.75) is 0 Å². The lowest BCUT2D eigenvalue weighted by Crippen LogP contribution is -2.17. The Morgan fingerprint density at radius 2 is 1.96 bits per heavy atom. The Labute approximate surface area is 158 Å². The molecule has 134 valence electrons. The van der Waals surface area contributed by atoms with Crippen LogP contribution in [-0.4, -0.2) is 29.1 Å². The fourth-order valence-corrected chi connectivity index (χ4v) is 3.80. The molecule has 0 radical (unpaired) electrons. The standard InChI is InChI=1S/C20H15N3O3S/c24-19(12-5-6-17-18(9-12)26-8-7-25-17)23-20-22-16(11-27-20)14-10-21-15-4-2-1-3-13(14)15/h1-6,9-11,21H,7-8H2,(H,22,23,24). The summed E-state index contributed by atoms with van der Waals surface area (Å²) in [4.78, 5) is 20.4. The summed E-state index contributed by atoms with van der Waals surface area (Å²) in [6, 6.07) is 13.2. The molecule has 27 heavy (non-hydrogen) atoms. The largest absolute Gasteiger partial charge is 0.486 e. The van der Waals surface area contributed by atoms with Gasteiger partial charge in [-0.25, -0.2) is 4.98 Å². The van der Waals surface area contributed by atoms with Crippen LogP contribution in [0.2, 0.25) is 0 Å². The number of aromatic nitrogens is 2. The van der Waals surface area contributed by atoms with E-state index in [9.17, 15) is 4.79 Å². The van der Waals surface area contributed by atoms with Crippen molar-refractivity contribution in [1.82, 2.24) is 9.97 Å². The number of rotatable bonds is 3. The minimum Gasteiger partial charge on any atom is -0.486 e. The van der Waals surface area contributed by atoms with Gasteiger partial charge in [0.1, 0.15) is 13.2 Å². The summed E-state index contributed by atoms with van der Waals surface area (Å²) in [5.74, 6) is 1.02. The van der Waals surface area contributed by atoms with Gasteiger partial charge in [-0.15, -0.1) is 11.3 Å². The molecule has 2 aromatic carbocycles.